The molecule has 8 heteroatoms. The molecule has 0 radical (unpaired) electrons. The van der Waals surface area contributed by atoms with Gasteiger partial charge in [0.05, 0.1) is 4.90 Å². The van der Waals surface area contributed by atoms with E-state index in [4.69, 9.17) is 12.2 Å². The zero-order valence-electron chi connectivity index (χ0n) is 8.38. The van der Waals surface area contributed by atoms with Gasteiger partial charge in [-0.3, -0.25) is 4.79 Å². The van der Waals surface area contributed by atoms with Crippen LogP contribution >= 0.6 is 12.2 Å². The topological polar surface area (TPSA) is 66.5 Å². The van der Waals surface area contributed by atoms with Crippen LogP contribution in [0.3, 0.4) is 0 Å². The number of thiocarbonyl (C=S) groups is 1. The summed E-state index contributed by atoms with van der Waals surface area (Å²) < 4.78 is 37.5. The molecule has 1 aliphatic rings. The van der Waals surface area contributed by atoms with E-state index in [0.717, 1.165) is 28.6 Å². The first-order chi connectivity index (χ1) is 7.91. The van der Waals surface area contributed by atoms with Crippen molar-refractivity contribution in [1.29, 1.82) is 0 Å². The van der Waals surface area contributed by atoms with Crippen LogP contribution in [-0.2, 0) is 14.8 Å². The van der Waals surface area contributed by atoms with Gasteiger partial charge in [0, 0.05) is 0 Å². The Hall–Kier alpha value is -1.54. The second-order valence-electron chi connectivity index (χ2n) is 3.32. The minimum atomic E-state index is -3.90. The van der Waals surface area contributed by atoms with Gasteiger partial charge in [-0.2, -0.15) is 0 Å². The molecule has 2 rings (SSSR count). The maximum absolute atomic E-state index is 12.7. The first-order valence-electron chi connectivity index (χ1n) is 4.53. The number of benzene rings is 1. The van der Waals surface area contributed by atoms with Crippen LogP contribution in [0.2, 0.25) is 0 Å². The number of hydrogen-bond acceptors (Lipinski definition) is 4. The van der Waals surface area contributed by atoms with Crippen molar-refractivity contribution in [2.75, 3.05) is 6.54 Å². The highest BCUT2D eigenvalue weighted by molar-refractivity contribution is 7.91. The molecule has 1 heterocycles. The molecular formula is C9H7FN2O3S2. The molecule has 0 unspecified atom stereocenters. The van der Waals surface area contributed by atoms with Crippen molar-refractivity contribution in [2.45, 2.75) is 4.90 Å². The summed E-state index contributed by atoms with van der Waals surface area (Å²) in [6.07, 6.45) is 0. The van der Waals surface area contributed by atoms with Gasteiger partial charge in [-0.1, -0.05) is 0 Å². The number of halogens is 1. The summed E-state index contributed by atoms with van der Waals surface area (Å²) in [5.74, 6) is -1.03. The average molecular weight is 274 g/mol. The molecule has 1 aliphatic heterocycles. The van der Waals surface area contributed by atoms with Gasteiger partial charge in [0.25, 0.3) is 10.0 Å². The number of carbonyl (C=O) groups is 1. The Balaban J connectivity index is 2.40. The van der Waals surface area contributed by atoms with Gasteiger partial charge in [0.2, 0.25) is 5.91 Å². The van der Waals surface area contributed by atoms with E-state index in [1.807, 2.05) is 0 Å². The fraction of sp³-hybridized carbons (Fsp3) is 0.111. The van der Waals surface area contributed by atoms with Gasteiger partial charge in [-0.15, -0.1) is 0 Å². The monoisotopic (exact) mass is 274 g/mol. The molecule has 1 aromatic carbocycles. The fourth-order valence-electron chi connectivity index (χ4n) is 1.35. The lowest BCUT2D eigenvalue weighted by Crippen LogP contribution is -2.34. The zero-order chi connectivity index (χ0) is 12.6. The number of nitrogens with one attached hydrogen (secondary N) is 1. The predicted octanol–water partition coefficient (Wildman–Crippen LogP) is 0.231. The van der Waals surface area contributed by atoms with Crippen LogP contribution in [0, 0.1) is 5.82 Å². The summed E-state index contributed by atoms with van der Waals surface area (Å²) in [6.45, 7) is -0.349. The van der Waals surface area contributed by atoms with Crippen molar-refractivity contribution >= 4 is 33.3 Å². The van der Waals surface area contributed by atoms with Crippen molar-refractivity contribution in [1.82, 2.24) is 9.62 Å². The first-order valence-corrected chi connectivity index (χ1v) is 6.38. The van der Waals surface area contributed by atoms with Gasteiger partial charge in [-0.05, 0) is 36.5 Å². The highest BCUT2D eigenvalue weighted by Gasteiger charge is 2.34. The lowest BCUT2D eigenvalue weighted by Gasteiger charge is -2.15. The van der Waals surface area contributed by atoms with E-state index in [1.54, 1.807) is 0 Å². The Labute approximate surface area is 102 Å². The summed E-state index contributed by atoms with van der Waals surface area (Å²) in [5.41, 5.74) is 0. The van der Waals surface area contributed by atoms with Crippen LogP contribution in [-0.4, -0.2) is 30.3 Å². The van der Waals surface area contributed by atoms with Crippen LogP contribution in [0.4, 0.5) is 4.39 Å². The molecule has 17 heavy (non-hydrogen) atoms. The molecule has 1 fully saturated rings. The molecular weight excluding hydrogens is 267 g/mol. The molecule has 0 aliphatic carbocycles. The Morgan fingerprint density at radius 2 is 1.88 bits per heavy atom. The molecule has 90 valence electrons. The van der Waals surface area contributed by atoms with Crippen molar-refractivity contribution in [2.24, 2.45) is 0 Å². The number of carbonyl (C=O) groups excluding carboxylic acids is 1. The number of hydrogen-bond donors (Lipinski definition) is 1. The maximum Gasteiger partial charge on any atom is 0.266 e. The van der Waals surface area contributed by atoms with Gasteiger partial charge in [0.15, 0.2) is 5.11 Å². The molecule has 0 spiro atoms. The zero-order valence-corrected chi connectivity index (χ0v) is 10.0. The van der Waals surface area contributed by atoms with E-state index in [-0.39, 0.29) is 16.6 Å². The third kappa shape index (κ3) is 2.13. The second-order valence-corrected chi connectivity index (χ2v) is 5.57. The molecule has 1 N–H and O–H groups in total. The number of amides is 1. The summed E-state index contributed by atoms with van der Waals surface area (Å²) in [6, 6.07) is 4.30. The molecule has 1 amide bonds. The largest absolute Gasteiger partial charge is 0.301 e. The van der Waals surface area contributed by atoms with Crippen molar-refractivity contribution in [3.8, 4) is 0 Å². The Morgan fingerprint density at radius 3 is 2.35 bits per heavy atom. The quantitative estimate of drug-likeness (QED) is 0.784. The van der Waals surface area contributed by atoms with Crippen LogP contribution < -0.4 is 5.32 Å². The Morgan fingerprint density at radius 1 is 1.29 bits per heavy atom. The van der Waals surface area contributed by atoms with E-state index in [2.05, 4.69) is 5.32 Å². The lowest BCUT2D eigenvalue weighted by molar-refractivity contribution is -0.118. The van der Waals surface area contributed by atoms with Gasteiger partial charge in [-0.25, -0.2) is 17.1 Å². The van der Waals surface area contributed by atoms with Gasteiger partial charge in [0.1, 0.15) is 12.4 Å². The molecule has 0 bridgehead atoms. The molecule has 0 atom stereocenters. The standard InChI is InChI=1S/C9H7FN2O3S2/c10-6-1-3-7(4-2-6)17(14,15)12-5-8(13)11-9(12)16/h1-4H,5H2,(H,11,13,16). The van der Waals surface area contributed by atoms with E-state index in [1.165, 1.54) is 0 Å². The van der Waals surface area contributed by atoms with Gasteiger partial charge < -0.3 is 5.32 Å². The lowest BCUT2D eigenvalue weighted by atomic mass is 10.4. The molecule has 0 saturated carbocycles. The Kier molecular flexibility index (Phi) is 2.84. The first kappa shape index (κ1) is 11.9. The van der Waals surface area contributed by atoms with Crippen molar-refractivity contribution in [3.63, 3.8) is 0 Å². The number of sulfonamides is 1. The van der Waals surface area contributed by atoms with Crippen LogP contribution in [0.25, 0.3) is 0 Å². The molecule has 0 aromatic heterocycles. The Bertz CT molecular complexity index is 583. The minimum absolute atomic E-state index is 0.113. The minimum Gasteiger partial charge on any atom is -0.301 e. The van der Waals surface area contributed by atoms with Crippen molar-refractivity contribution < 1.29 is 17.6 Å². The van der Waals surface area contributed by atoms with E-state index < -0.39 is 21.7 Å². The highest BCUT2D eigenvalue weighted by Crippen LogP contribution is 2.18. The fourth-order valence-corrected chi connectivity index (χ4v) is 3.11. The van der Waals surface area contributed by atoms with E-state index >= 15 is 0 Å². The van der Waals surface area contributed by atoms with Crippen molar-refractivity contribution in [3.05, 3.63) is 30.1 Å². The molecule has 5 nitrogen and oxygen atoms in total. The summed E-state index contributed by atoms with van der Waals surface area (Å²) in [5, 5.41) is 2.05. The maximum atomic E-state index is 12.7. The van der Waals surface area contributed by atoms with E-state index in [9.17, 15) is 17.6 Å². The summed E-state index contributed by atoms with van der Waals surface area (Å²) >= 11 is 4.73. The van der Waals surface area contributed by atoms with Gasteiger partial charge >= 0.3 is 0 Å². The summed E-state index contributed by atoms with van der Waals surface area (Å²) in [7, 11) is -3.90. The third-order valence-electron chi connectivity index (χ3n) is 2.16. The highest BCUT2D eigenvalue weighted by atomic mass is 32.2. The second kappa shape index (κ2) is 4.04. The number of rotatable bonds is 2. The molecule has 1 saturated heterocycles. The predicted molar refractivity (Wildman–Crippen MR) is 61.0 cm³/mol. The van der Waals surface area contributed by atoms with E-state index in [0.29, 0.717) is 0 Å². The van der Waals surface area contributed by atoms with Crippen LogP contribution in [0.5, 0.6) is 0 Å². The van der Waals surface area contributed by atoms with Crippen LogP contribution in [0.1, 0.15) is 0 Å². The smallest absolute Gasteiger partial charge is 0.266 e. The average Bonchev–Trinajstić information content (AvgIpc) is 2.59. The SMILES string of the molecule is O=C1CN(S(=O)(=O)c2ccc(F)cc2)C(=S)N1. The van der Waals surface area contributed by atoms with Crippen LogP contribution in [0.15, 0.2) is 29.2 Å². The normalized spacial score (nSPS) is 16.2. The third-order valence-corrected chi connectivity index (χ3v) is 4.36. The molecule has 1 aromatic rings. The summed E-state index contributed by atoms with van der Waals surface area (Å²) in [4.78, 5) is 10.9. The number of nitrogens with zero attached hydrogens (tertiary/aromatic N) is 1.